The largest absolute Gasteiger partial charge is 0.294 e. The van der Waals surface area contributed by atoms with Gasteiger partial charge in [0, 0.05) is 0 Å². The molecule has 0 fully saturated rings. The number of rotatable bonds is 4. The van der Waals surface area contributed by atoms with Gasteiger partial charge in [0.1, 0.15) is 0 Å². The molecule has 0 atom stereocenters. The SMILES string of the molecule is Cc1ccc(S(=O)(=O)Cc2cc(S(=O)(=O)O)cc3ccccc23)cc1. The molecule has 25 heavy (non-hydrogen) atoms. The maximum atomic E-state index is 12.7. The molecular formula is C18H16O5S2. The zero-order valence-electron chi connectivity index (χ0n) is 13.4. The van der Waals surface area contributed by atoms with Crippen molar-refractivity contribution in [2.75, 3.05) is 0 Å². The average molecular weight is 376 g/mol. The van der Waals surface area contributed by atoms with Crippen LogP contribution in [0.25, 0.3) is 10.8 Å². The smallest absolute Gasteiger partial charge is 0.282 e. The van der Waals surface area contributed by atoms with Gasteiger partial charge in [-0.25, -0.2) is 8.42 Å². The van der Waals surface area contributed by atoms with Crippen molar-refractivity contribution < 1.29 is 21.4 Å². The van der Waals surface area contributed by atoms with E-state index in [-0.39, 0.29) is 15.5 Å². The Labute approximate surface area is 146 Å². The van der Waals surface area contributed by atoms with E-state index in [1.54, 1.807) is 36.4 Å². The molecule has 130 valence electrons. The van der Waals surface area contributed by atoms with Crippen LogP contribution in [-0.4, -0.2) is 21.4 Å². The highest BCUT2D eigenvalue weighted by atomic mass is 32.2. The Hall–Kier alpha value is -2.22. The molecule has 0 amide bonds. The lowest BCUT2D eigenvalue weighted by atomic mass is 10.1. The highest BCUT2D eigenvalue weighted by molar-refractivity contribution is 7.90. The number of hydrogen-bond donors (Lipinski definition) is 1. The van der Waals surface area contributed by atoms with Crippen LogP contribution in [0.3, 0.4) is 0 Å². The molecule has 0 radical (unpaired) electrons. The van der Waals surface area contributed by atoms with Crippen molar-refractivity contribution in [3.8, 4) is 0 Å². The quantitative estimate of drug-likeness (QED) is 0.705. The lowest BCUT2D eigenvalue weighted by Gasteiger charge is -2.10. The second-order valence-electron chi connectivity index (χ2n) is 5.85. The second kappa shape index (κ2) is 6.25. The standard InChI is InChI=1S/C18H16O5S2/c1-13-6-8-16(9-7-13)24(19,20)12-15-11-17(25(21,22)23)10-14-4-2-3-5-18(14)15/h2-11H,12H2,1H3,(H,21,22,23). The van der Waals surface area contributed by atoms with Crippen LogP contribution in [0.1, 0.15) is 11.1 Å². The predicted molar refractivity (Wildman–Crippen MR) is 95.8 cm³/mol. The maximum absolute atomic E-state index is 12.7. The Kier molecular flexibility index (Phi) is 4.40. The van der Waals surface area contributed by atoms with Crippen LogP contribution in [0.4, 0.5) is 0 Å². The molecule has 5 nitrogen and oxygen atoms in total. The molecular weight excluding hydrogens is 360 g/mol. The fourth-order valence-corrected chi connectivity index (χ4v) is 4.59. The van der Waals surface area contributed by atoms with Crippen molar-refractivity contribution in [3.05, 3.63) is 71.8 Å². The summed E-state index contributed by atoms with van der Waals surface area (Å²) in [7, 11) is -8.10. The first-order valence-electron chi connectivity index (χ1n) is 7.45. The van der Waals surface area contributed by atoms with E-state index in [9.17, 15) is 21.4 Å². The minimum absolute atomic E-state index is 0.166. The third kappa shape index (κ3) is 3.73. The van der Waals surface area contributed by atoms with Crippen molar-refractivity contribution in [1.29, 1.82) is 0 Å². The van der Waals surface area contributed by atoms with E-state index >= 15 is 0 Å². The Morgan fingerprint density at radius 3 is 2.12 bits per heavy atom. The molecule has 0 aliphatic carbocycles. The predicted octanol–water partition coefficient (Wildman–Crippen LogP) is 3.37. The fraction of sp³-hybridized carbons (Fsp3) is 0.111. The molecule has 3 aromatic carbocycles. The summed E-state index contributed by atoms with van der Waals surface area (Å²) in [6.07, 6.45) is 0. The summed E-state index contributed by atoms with van der Waals surface area (Å²) < 4.78 is 57.8. The Bertz CT molecular complexity index is 1150. The minimum Gasteiger partial charge on any atom is -0.282 e. The number of hydrogen-bond acceptors (Lipinski definition) is 4. The molecule has 0 heterocycles. The molecule has 0 aromatic heterocycles. The molecule has 1 N–H and O–H groups in total. The first-order valence-corrected chi connectivity index (χ1v) is 10.5. The van der Waals surface area contributed by atoms with Crippen LogP contribution in [0, 0.1) is 6.92 Å². The van der Waals surface area contributed by atoms with Crippen LogP contribution in [0.2, 0.25) is 0 Å². The van der Waals surface area contributed by atoms with Gasteiger partial charge < -0.3 is 0 Å². The van der Waals surface area contributed by atoms with Gasteiger partial charge in [-0.15, -0.1) is 0 Å². The van der Waals surface area contributed by atoms with Crippen LogP contribution in [-0.2, 0) is 25.7 Å². The van der Waals surface area contributed by atoms with Crippen LogP contribution < -0.4 is 0 Å². The topological polar surface area (TPSA) is 88.5 Å². The van der Waals surface area contributed by atoms with E-state index in [0.29, 0.717) is 16.3 Å². The summed E-state index contributed by atoms with van der Waals surface area (Å²) in [5.74, 6) is -0.361. The Morgan fingerprint density at radius 1 is 0.840 bits per heavy atom. The van der Waals surface area contributed by atoms with Crippen LogP contribution >= 0.6 is 0 Å². The van der Waals surface area contributed by atoms with Crippen molar-refractivity contribution in [1.82, 2.24) is 0 Å². The van der Waals surface area contributed by atoms with Gasteiger partial charge in [-0.05, 0) is 47.5 Å². The van der Waals surface area contributed by atoms with Gasteiger partial charge in [0.25, 0.3) is 10.1 Å². The molecule has 0 unspecified atom stereocenters. The van der Waals surface area contributed by atoms with Gasteiger partial charge in [-0.3, -0.25) is 4.55 Å². The molecule has 3 aromatic rings. The average Bonchev–Trinajstić information content (AvgIpc) is 2.54. The number of aryl methyl sites for hydroxylation is 1. The van der Waals surface area contributed by atoms with Crippen LogP contribution in [0.15, 0.2) is 70.5 Å². The van der Waals surface area contributed by atoms with Gasteiger partial charge in [-0.2, -0.15) is 8.42 Å². The van der Waals surface area contributed by atoms with Crippen molar-refractivity contribution in [3.63, 3.8) is 0 Å². The Morgan fingerprint density at radius 2 is 1.48 bits per heavy atom. The minimum atomic E-state index is -4.44. The third-order valence-electron chi connectivity index (χ3n) is 3.94. The molecule has 0 spiro atoms. The molecule has 7 heteroatoms. The molecule has 0 saturated carbocycles. The van der Waals surface area contributed by atoms with Gasteiger partial charge >= 0.3 is 0 Å². The highest BCUT2D eigenvalue weighted by Crippen LogP contribution is 2.27. The monoisotopic (exact) mass is 376 g/mol. The molecule has 0 bridgehead atoms. The number of sulfone groups is 1. The lowest BCUT2D eigenvalue weighted by molar-refractivity contribution is 0.483. The van der Waals surface area contributed by atoms with Gasteiger partial charge in [0.2, 0.25) is 0 Å². The second-order valence-corrected chi connectivity index (χ2v) is 9.26. The van der Waals surface area contributed by atoms with E-state index in [1.165, 1.54) is 24.3 Å². The Balaban J connectivity index is 2.16. The lowest BCUT2D eigenvalue weighted by Crippen LogP contribution is -2.07. The number of benzene rings is 3. The highest BCUT2D eigenvalue weighted by Gasteiger charge is 2.20. The van der Waals surface area contributed by atoms with E-state index < -0.39 is 20.0 Å². The van der Waals surface area contributed by atoms with Crippen molar-refractivity contribution in [2.24, 2.45) is 0 Å². The summed E-state index contributed by atoms with van der Waals surface area (Å²) >= 11 is 0. The van der Waals surface area contributed by atoms with Crippen LogP contribution in [0.5, 0.6) is 0 Å². The first kappa shape index (κ1) is 17.6. The van der Waals surface area contributed by atoms with Gasteiger partial charge in [0.05, 0.1) is 15.5 Å². The molecule has 0 saturated heterocycles. The summed E-state index contributed by atoms with van der Waals surface area (Å²) in [6.45, 7) is 1.86. The molecule has 0 aliphatic heterocycles. The summed E-state index contributed by atoms with van der Waals surface area (Å²) in [5, 5.41) is 1.18. The summed E-state index contributed by atoms with van der Waals surface area (Å²) in [5.41, 5.74) is 1.27. The van der Waals surface area contributed by atoms with E-state index in [4.69, 9.17) is 0 Å². The van der Waals surface area contributed by atoms with E-state index in [1.807, 2.05) is 6.92 Å². The van der Waals surface area contributed by atoms with Gasteiger partial charge in [0.15, 0.2) is 9.84 Å². The molecule has 0 aliphatic rings. The van der Waals surface area contributed by atoms with Crippen molar-refractivity contribution in [2.45, 2.75) is 22.5 Å². The van der Waals surface area contributed by atoms with E-state index in [0.717, 1.165) is 5.56 Å². The molecule has 3 rings (SSSR count). The summed E-state index contributed by atoms with van der Waals surface area (Å²) in [4.78, 5) is -0.153. The fourth-order valence-electron chi connectivity index (χ4n) is 2.66. The zero-order valence-corrected chi connectivity index (χ0v) is 15.0. The normalized spacial score (nSPS) is 12.4. The third-order valence-corrected chi connectivity index (χ3v) is 6.46. The van der Waals surface area contributed by atoms with Crippen molar-refractivity contribution >= 4 is 30.7 Å². The maximum Gasteiger partial charge on any atom is 0.294 e. The van der Waals surface area contributed by atoms with E-state index in [2.05, 4.69) is 0 Å². The zero-order chi connectivity index (χ0) is 18.2. The van der Waals surface area contributed by atoms with Gasteiger partial charge in [-0.1, -0.05) is 42.0 Å². The number of fused-ring (bicyclic) bond motifs is 1. The summed E-state index contributed by atoms with van der Waals surface area (Å²) in [6, 6.07) is 15.9. The first-order chi connectivity index (χ1) is 11.7.